The standard InChI is InChI=1S/C20H33N3O2.HI/c1-4-6-11-25-19-9-7-8-17(13-19)14-22-20(21-5-2)23(3)15-18-10-12-24-16-18;/h7-9,13,18H,4-6,10-12,14-16H2,1-3H3,(H,21,22);1H. The number of benzene rings is 1. The monoisotopic (exact) mass is 475 g/mol. The van der Waals surface area contributed by atoms with Crippen LogP contribution in [-0.4, -0.2) is 50.8 Å². The third kappa shape index (κ3) is 8.12. The second-order valence-electron chi connectivity index (χ2n) is 6.63. The van der Waals surface area contributed by atoms with Crippen molar-refractivity contribution < 1.29 is 9.47 Å². The molecular formula is C20H34IN3O2. The topological polar surface area (TPSA) is 46.1 Å². The fourth-order valence-corrected chi connectivity index (χ4v) is 2.90. The zero-order valence-corrected chi connectivity index (χ0v) is 18.7. The third-order valence-electron chi connectivity index (χ3n) is 4.33. The lowest BCUT2D eigenvalue weighted by Gasteiger charge is -2.24. The van der Waals surface area contributed by atoms with E-state index in [1.54, 1.807) is 0 Å². The van der Waals surface area contributed by atoms with Crippen LogP contribution >= 0.6 is 24.0 Å². The number of halogens is 1. The van der Waals surface area contributed by atoms with Gasteiger partial charge in [0.05, 0.1) is 19.8 Å². The molecule has 1 unspecified atom stereocenters. The Morgan fingerprint density at radius 1 is 1.38 bits per heavy atom. The molecule has 5 nitrogen and oxygen atoms in total. The van der Waals surface area contributed by atoms with Crippen molar-refractivity contribution in [1.82, 2.24) is 10.2 Å². The Hall–Kier alpha value is -1.02. The van der Waals surface area contributed by atoms with Gasteiger partial charge in [0.2, 0.25) is 0 Å². The van der Waals surface area contributed by atoms with Crippen LogP contribution in [0.2, 0.25) is 0 Å². The molecule has 1 saturated heterocycles. The van der Waals surface area contributed by atoms with Gasteiger partial charge in [0.1, 0.15) is 5.75 Å². The van der Waals surface area contributed by atoms with Crippen LogP contribution < -0.4 is 10.1 Å². The first-order chi connectivity index (χ1) is 12.2. The van der Waals surface area contributed by atoms with Crippen molar-refractivity contribution in [3.8, 4) is 5.75 Å². The minimum Gasteiger partial charge on any atom is -0.494 e. The number of hydrogen-bond donors (Lipinski definition) is 1. The highest BCUT2D eigenvalue weighted by Gasteiger charge is 2.19. The molecule has 1 N–H and O–H groups in total. The Kier molecular flexibility index (Phi) is 11.7. The summed E-state index contributed by atoms with van der Waals surface area (Å²) in [6.45, 7) is 9.29. The number of nitrogens with zero attached hydrogens (tertiary/aromatic N) is 2. The first kappa shape index (κ1) is 23.0. The number of unbranched alkanes of at least 4 members (excludes halogenated alkanes) is 1. The van der Waals surface area contributed by atoms with Crippen molar-refractivity contribution in [3.05, 3.63) is 29.8 Å². The van der Waals surface area contributed by atoms with Crippen LogP contribution in [0.5, 0.6) is 5.75 Å². The lowest BCUT2D eigenvalue weighted by atomic mass is 10.1. The average molecular weight is 475 g/mol. The quantitative estimate of drug-likeness (QED) is 0.255. The maximum atomic E-state index is 5.79. The number of rotatable bonds is 9. The number of ether oxygens (including phenoxy) is 2. The summed E-state index contributed by atoms with van der Waals surface area (Å²) in [5, 5.41) is 3.39. The minimum atomic E-state index is 0. The molecule has 0 amide bonds. The van der Waals surface area contributed by atoms with Gasteiger partial charge in [-0.1, -0.05) is 25.5 Å². The Balaban J connectivity index is 0.00000338. The molecular weight excluding hydrogens is 441 g/mol. The van der Waals surface area contributed by atoms with Crippen molar-refractivity contribution in [1.29, 1.82) is 0 Å². The maximum Gasteiger partial charge on any atom is 0.193 e. The molecule has 1 aliphatic rings. The van der Waals surface area contributed by atoms with E-state index in [-0.39, 0.29) is 24.0 Å². The summed E-state index contributed by atoms with van der Waals surface area (Å²) in [5.41, 5.74) is 1.17. The normalized spacial score (nSPS) is 16.9. The summed E-state index contributed by atoms with van der Waals surface area (Å²) in [5.74, 6) is 2.48. The van der Waals surface area contributed by atoms with Crippen molar-refractivity contribution >= 4 is 29.9 Å². The molecule has 26 heavy (non-hydrogen) atoms. The van der Waals surface area contributed by atoms with Gasteiger partial charge < -0.3 is 19.7 Å². The van der Waals surface area contributed by atoms with Crippen LogP contribution in [0.25, 0.3) is 0 Å². The van der Waals surface area contributed by atoms with Gasteiger partial charge in [-0.3, -0.25) is 0 Å². The fourth-order valence-electron chi connectivity index (χ4n) is 2.90. The van der Waals surface area contributed by atoms with E-state index >= 15 is 0 Å². The summed E-state index contributed by atoms with van der Waals surface area (Å²) >= 11 is 0. The number of nitrogens with one attached hydrogen (secondary N) is 1. The predicted octanol–water partition coefficient (Wildman–Crippen LogP) is 3.92. The third-order valence-corrected chi connectivity index (χ3v) is 4.33. The molecule has 1 atom stereocenters. The lowest BCUT2D eigenvalue weighted by molar-refractivity contribution is 0.181. The van der Waals surface area contributed by atoms with Gasteiger partial charge in [0.15, 0.2) is 5.96 Å². The van der Waals surface area contributed by atoms with Crippen LogP contribution in [0.3, 0.4) is 0 Å². The molecule has 0 aliphatic carbocycles. The minimum absolute atomic E-state index is 0. The van der Waals surface area contributed by atoms with Crippen molar-refractivity contribution in [2.24, 2.45) is 10.9 Å². The second kappa shape index (κ2) is 13.2. The molecule has 1 aliphatic heterocycles. The van der Waals surface area contributed by atoms with Gasteiger partial charge in [0, 0.05) is 32.7 Å². The van der Waals surface area contributed by atoms with Crippen LogP contribution in [0.1, 0.15) is 38.7 Å². The van der Waals surface area contributed by atoms with E-state index < -0.39 is 0 Å². The van der Waals surface area contributed by atoms with Crippen LogP contribution in [0, 0.1) is 5.92 Å². The highest BCUT2D eigenvalue weighted by Crippen LogP contribution is 2.16. The molecule has 0 radical (unpaired) electrons. The molecule has 6 heteroatoms. The van der Waals surface area contributed by atoms with Crippen molar-refractivity contribution in [2.75, 3.05) is 40.0 Å². The van der Waals surface area contributed by atoms with Gasteiger partial charge >= 0.3 is 0 Å². The summed E-state index contributed by atoms with van der Waals surface area (Å²) in [7, 11) is 2.10. The lowest BCUT2D eigenvalue weighted by Crippen LogP contribution is -2.41. The van der Waals surface area contributed by atoms with Crippen molar-refractivity contribution in [3.63, 3.8) is 0 Å². The molecule has 148 valence electrons. The molecule has 0 saturated carbocycles. The van der Waals surface area contributed by atoms with E-state index in [9.17, 15) is 0 Å². The Labute approximate surface area is 175 Å². The van der Waals surface area contributed by atoms with Gasteiger partial charge in [0.25, 0.3) is 0 Å². The smallest absolute Gasteiger partial charge is 0.193 e. The van der Waals surface area contributed by atoms with Gasteiger partial charge in [-0.2, -0.15) is 0 Å². The highest BCUT2D eigenvalue weighted by molar-refractivity contribution is 14.0. The summed E-state index contributed by atoms with van der Waals surface area (Å²) in [6, 6.07) is 8.25. The molecule has 0 bridgehead atoms. The Bertz CT molecular complexity index is 534. The molecule has 2 rings (SSSR count). The highest BCUT2D eigenvalue weighted by atomic mass is 127. The molecule has 1 aromatic rings. The molecule has 0 aromatic heterocycles. The predicted molar refractivity (Wildman–Crippen MR) is 119 cm³/mol. The van der Waals surface area contributed by atoms with E-state index in [1.165, 1.54) is 5.56 Å². The van der Waals surface area contributed by atoms with E-state index in [4.69, 9.17) is 14.5 Å². The van der Waals surface area contributed by atoms with Crippen LogP contribution in [0.15, 0.2) is 29.3 Å². The summed E-state index contributed by atoms with van der Waals surface area (Å²) in [4.78, 5) is 7.01. The Morgan fingerprint density at radius 2 is 2.23 bits per heavy atom. The fraction of sp³-hybridized carbons (Fsp3) is 0.650. The van der Waals surface area contributed by atoms with Crippen molar-refractivity contribution in [2.45, 2.75) is 39.7 Å². The molecule has 1 fully saturated rings. The Morgan fingerprint density at radius 3 is 2.92 bits per heavy atom. The first-order valence-corrected chi connectivity index (χ1v) is 9.51. The molecule has 1 heterocycles. The number of aliphatic imine (C=N–C) groups is 1. The van der Waals surface area contributed by atoms with Gasteiger partial charge in [-0.05, 0) is 37.5 Å². The molecule has 0 spiro atoms. The van der Waals surface area contributed by atoms with E-state index in [0.717, 1.165) is 63.9 Å². The zero-order valence-electron chi connectivity index (χ0n) is 16.4. The zero-order chi connectivity index (χ0) is 17.9. The van der Waals surface area contributed by atoms with Crippen LogP contribution in [0.4, 0.5) is 0 Å². The molecule has 1 aromatic carbocycles. The number of guanidine groups is 1. The maximum absolute atomic E-state index is 5.79. The van der Waals surface area contributed by atoms with Crippen LogP contribution in [-0.2, 0) is 11.3 Å². The van der Waals surface area contributed by atoms with E-state index in [0.29, 0.717) is 12.5 Å². The van der Waals surface area contributed by atoms with E-state index in [1.807, 2.05) is 12.1 Å². The summed E-state index contributed by atoms with van der Waals surface area (Å²) < 4.78 is 11.3. The van der Waals surface area contributed by atoms with E-state index in [2.05, 4.69) is 43.2 Å². The largest absolute Gasteiger partial charge is 0.494 e. The average Bonchev–Trinajstić information content (AvgIpc) is 3.12. The second-order valence-corrected chi connectivity index (χ2v) is 6.63. The van der Waals surface area contributed by atoms with Gasteiger partial charge in [-0.25, -0.2) is 4.99 Å². The first-order valence-electron chi connectivity index (χ1n) is 9.51. The number of hydrogen-bond acceptors (Lipinski definition) is 3. The van der Waals surface area contributed by atoms with Gasteiger partial charge in [-0.15, -0.1) is 24.0 Å². The summed E-state index contributed by atoms with van der Waals surface area (Å²) in [6.07, 6.45) is 3.37. The SMILES string of the molecule is CCCCOc1cccc(CN=C(NCC)N(C)CC2CCOC2)c1.I.